The molecule has 1 fully saturated rings. The van der Waals surface area contributed by atoms with Crippen LogP contribution < -0.4 is 10.1 Å². The fraction of sp³-hybridized carbons (Fsp3) is 0.562. The number of hydrogen-bond acceptors (Lipinski definition) is 3. The van der Waals surface area contributed by atoms with Gasteiger partial charge in [-0.05, 0) is 26.3 Å². The summed E-state index contributed by atoms with van der Waals surface area (Å²) < 4.78 is 5.66. The number of benzene rings is 1. The molecular formula is C16H22N2O2. The summed E-state index contributed by atoms with van der Waals surface area (Å²) in [5, 5.41) is 3.42. The van der Waals surface area contributed by atoms with Gasteiger partial charge in [0.15, 0.2) is 0 Å². The summed E-state index contributed by atoms with van der Waals surface area (Å²) in [5.74, 6) is 1.07. The van der Waals surface area contributed by atoms with Gasteiger partial charge in [0.1, 0.15) is 5.75 Å². The number of piperazine rings is 1. The normalized spacial score (nSPS) is 29.5. The van der Waals surface area contributed by atoms with Gasteiger partial charge in [0.05, 0.1) is 12.5 Å². The predicted molar refractivity (Wildman–Crippen MR) is 77.9 cm³/mol. The molecule has 0 saturated carbocycles. The molecular weight excluding hydrogens is 252 g/mol. The van der Waals surface area contributed by atoms with Gasteiger partial charge in [-0.15, -0.1) is 0 Å². The second-order valence-electron chi connectivity index (χ2n) is 5.74. The molecule has 0 aromatic heterocycles. The molecule has 4 heteroatoms. The summed E-state index contributed by atoms with van der Waals surface area (Å²) in [6.45, 7) is 6.57. The number of ether oxygens (including phenoxy) is 1. The highest BCUT2D eigenvalue weighted by molar-refractivity contribution is 5.85. The Labute approximate surface area is 120 Å². The van der Waals surface area contributed by atoms with Gasteiger partial charge in [-0.2, -0.15) is 0 Å². The molecule has 1 amide bonds. The summed E-state index contributed by atoms with van der Waals surface area (Å²) in [5.41, 5.74) is 1.04. The lowest BCUT2D eigenvalue weighted by Crippen LogP contribution is -2.58. The number of carbonyl (C=O) groups excluding carboxylic acids is 1. The Bertz CT molecular complexity index is 503. The fourth-order valence-electron chi connectivity index (χ4n) is 3.17. The average Bonchev–Trinajstić information content (AvgIpc) is 2.49. The molecule has 1 aromatic carbocycles. The highest BCUT2D eigenvalue weighted by Gasteiger charge is 2.35. The zero-order valence-electron chi connectivity index (χ0n) is 12.1. The molecule has 2 aliphatic heterocycles. The second kappa shape index (κ2) is 5.44. The Balaban J connectivity index is 1.84. The molecule has 0 bridgehead atoms. The van der Waals surface area contributed by atoms with Crippen molar-refractivity contribution in [3.8, 4) is 5.75 Å². The van der Waals surface area contributed by atoms with Crippen LogP contribution in [0.3, 0.4) is 0 Å². The molecule has 3 atom stereocenters. The van der Waals surface area contributed by atoms with Crippen molar-refractivity contribution >= 4 is 5.91 Å². The van der Waals surface area contributed by atoms with Crippen LogP contribution in [0.1, 0.15) is 31.7 Å². The molecule has 2 heterocycles. The van der Waals surface area contributed by atoms with E-state index in [4.69, 9.17) is 4.74 Å². The molecule has 3 unspecified atom stereocenters. The SMILES string of the molecule is CC1NCCN(C(=O)C2CCOc3ccccc32)C1C. The van der Waals surface area contributed by atoms with Gasteiger partial charge in [-0.3, -0.25) is 4.79 Å². The summed E-state index contributed by atoms with van der Waals surface area (Å²) in [6, 6.07) is 8.51. The van der Waals surface area contributed by atoms with Crippen LogP contribution in [-0.2, 0) is 4.79 Å². The Kier molecular flexibility index (Phi) is 3.66. The van der Waals surface area contributed by atoms with Crippen molar-refractivity contribution in [1.29, 1.82) is 0 Å². The third kappa shape index (κ3) is 2.29. The fourth-order valence-corrected chi connectivity index (χ4v) is 3.17. The van der Waals surface area contributed by atoms with Crippen molar-refractivity contribution in [3.63, 3.8) is 0 Å². The number of hydrogen-bond donors (Lipinski definition) is 1. The zero-order valence-corrected chi connectivity index (χ0v) is 12.1. The van der Waals surface area contributed by atoms with E-state index in [2.05, 4.69) is 19.2 Å². The van der Waals surface area contributed by atoms with Gasteiger partial charge >= 0.3 is 0 Å². The Hall–Kier alpha value is -1.55. The van der Waals surface area contributed by atoms with Crippen LogP contribution in [0, 0.1) is 0 Å². The maximum Gasteiger partial charge on any atom is 0.230 e. The van der Waals surface area contributed by atoms with E-state index >= 15 is 0 Å². The average molecular weight is 274 g/mol. The molecule has 0 radical (unpaired) electrons. The lowest BCUT2D eigenvalue weighted by atomic mass is 9.90. The van der Waals surface area contributed by atoms with Gasteiger partial charge in [-0.1, -0.05) is 18.2 Å². The van der Waals surface area contributed by atoms with Gasteiger partial charge in [-0.25, -0.2) is 0 Å². The molecule has 0 spiro atoms. The number of nitrogens with zero attached hydrogens (tertiary/aromatic N) is 1. The summed E-state index contributed by atoms with van der Waals surface area (Å²) >= 11 is 0. The highest BCUT2D eigenvalue weighted by atomic mass is 16.5. The first-order chi connectivity index (χ1) is 9.68. The third-order valence-corrected chi connectivity index (χ3v) is 4.57. The lowest BCUT2D eigenvalue weighted by molar-refractivity contribution is -0.137. The van der Waals surface area contributed by atoms with Crippen molar-refractivity contribution in [2.45, 2.75) is 38.3 Å². The van der Waals surface area contributed by atoms with Crippen molar-refractivity contribution < 1.29 is 9.53 Å². The van der Waals surface area contributed by atoms with E-state index < -0.39 is 0 Å². The monoisotopic (exact) mass is 274 g/mol. The van der Waals surface area contributed by atoms with Crippen LogP contribution in [0.2, 0.25) is 0 Å². The Morgan fingerprint density at radius 3 is 3.00 bits per heavy atom. The molecule has 1 aromatic rings. The number of fused-ring (bicyclic) bond motifs is 1. The number of rotatable bonds is 1. The van der Waals surface area contributed by atoms with Crippen LogP contribution in [0.15, 0.2) is 24.3 Å². The zero-order chi connectivity index (χ0) is 14.1. The van der Waals surface area contributed by atoms with Crippen LogP contribution >= 0.6 is 0 Å². The first-order valence-corrected chi connectivity index (χ1v) is 7.44. The molecule has 20 heavy (non-hydrogen) atoms. The van der Waals surface area contributed by atoms with E-state index in [0.29, 0.717) is 12.6 Å². The number of para-hydroxylation sites is 1. The van der Waals surface area contributed by atoms with E-state index in [9.17, 15) is 4.79 Å². The van der Waals surface area contributed by atoms with E-state index in [1.54, 1.807) is 0 Å². The predicted octanol–water partition coefficient (Wildman–Crippen LogP) is 1.76. The second-order valence-corrected chi connectivity index (χ2v) is 5.74. The van der Waals surface area contributed by atoms with Crippen LogP contribution in [0.5, 0.6) is 5.75 Å². The van der Waals surface area contributed by atoms with Crippen LogP contribution in [0.4, 0.5) is 0 Å². The van der Waals surface area contributed by atoms with Crippen molar-refractivity contribution in [3.05, 3.63) is 29.8 Å². The van der Waals surface area contributed by atoms with Gasteiger partial charge in [0.2, 0.25) is 5.91 Å². The quantitative estimate of drug-likeness (QED) is 0.848. The Morgan fingerprint density at radius 2 is 2.15 bits per heavy atom. The summed E-state index contributed by atoms with van der Waals surface area (Å²) in [6.07, 6.45) is 0.779. The van der Waals surface area contributed by atoms with E-state index in [-0.39, 0.29) is 17.9 Å². The summed E-state index contributed by atoms with van der Waals surface area (Å²) in [4.78, 5) is 15.0. The lowest BCUT2D eigenvalue weighted by Gasteiger charge is -2.41. The van der Waals surface area contributed by atoms with Crippen molar-refractivity contribution in [2.75, 3.05) is 19.7 Å². The molecule has 4 nitrogen and oxygen atoms in total. The van der Waals surface area contributed by atoms with Gasteiger partial charge in [0, 0.05) is 30.7 Å². The molecule has 108 valence electrons. The number of nitrogens with one attached hydrogen (secondary N) is 1. The standard InChI is InChI=1S/C16H22N2O2/c1-11-12(2)18(9-8-17-11)16(19)14-7-10-20-15-6-4-3-5-13(14)15/h3-6,11-12,14,17H,7-10H2,1-2H3. The van der Waals surface area contributed by atoms with Crippen LogP contribution in [0.25, 0.3) is 0 Å². The topological polar surface area (TPSA) is 41.6 Å². The third-order valence-electron chi connectivity index (χ3n) is 4.57. The van der Waals surface area contributed by atoms with E-state index in [0.717, 1.165) is 30.8 Å². The maximum atomic E-state index is 12.9. The minimum Gasteiger partial charge on any atom is -0.493 e. The first kappa shape index (κ1) is 13.4. The summed E-state index contributed by atoms with van der Waals surface area (Å²) in [7, 11) is 0. The first-order valence-electron chi connectivity index (χ1n) is 7.44. The van der Waals surface area contributed by atoms with Crippen molar-refractivity contribution in [2.24, 2.45) is 0 Å². The van der Waals surface area contributed by atoms with Crippen LogP contribution in [-0.4, -0.2) is 42.6 Å². The number of carbonyl (C=O) groups is 1. The molecule has 1 N–H and O–H groups in total. The van der Waals surface area contributed by atoms with Gasteiger partial charge < -0.3 is 15.0 Å². The minimum atomic E-state index is -0.0484. The van der Waals surface area contributed by atoms with Gasteiger partial charge in [0.25, 0.3) is 0 Å². The van der Waals surface area contributed by atoms with Crippen molar-refractivity contribution in [1.82, 2.24) is 10.2 Å². The smallest absolute Gasteiger partial charge is 0.230 e. The largest absolute Gasteiger partial charge is 0.493 e. The Morgan fingerprint density at radius 1 is 1.35 bits per heavy atom. The maximum absolute atomic E-state index is 12.9. The number of amides is 1. The van der Waals surface area contributed by atoms with E-state index in [1.807, 2.05) is 29.2 Å². The highest BCUT2D eigenvalue weighted by Crippen LogP contribution is 2.35. The molecule has 1 saturated heterocycles. The minimum absolute atomic E-state index is 0.0484. The molecule has 0 aliphatic carbocycles. The van der Waals surface area contributed by atoms with E-state index in [1.165, 1.54) is 0 Å². The molecule has 3 rings (SSSR count). The molecule has 2 aliphatic rings.